The van der Waals surface area contributed by atoms with Crippen LogP contribution in [-0.2, 0) is 0 Å². The van der Waals surface area contributed by atoms with Gasteiger partial charge in [0.25, 0.3) is 0 Å². The van der Waals surface area contributed by atoms with Crippen LogP contribution in [-0.4, -0.2) is 14.1 Å². The van der Waals surface area contributed by atoms with Gasteiger partial charge in [0.2, 0.25) is 0 Å². The number of nitrogens with one attached hydrogen (secondary N) is 1. The summed E-state index contributed by atoms with van der Waals surface area (Å²) in [6.07, 6.45) is 0. The van der Waals surface area contributed by atoms with Gasteiger partial charge in [0, 0.05) is 23.2 Å². The van der Waals surface area contributed by atoms with Crippen LogP contribution in [0.3, 0.4) is 0 Å². The second kappa shape index (κ2) is 6.37. The van der Waals surface area contributed by atoms with Crippen LogP contribution in [0.25, 0.3) is 0 Å². The van der Waals surface area contributed by atoms with Crippen molar-refractivity contribution in [2.45, 2.75) is 13.0 Å². The molecule has 1 unspecified atom stereocenters. The van der Waals surface area contributed by atoms with Crippen LogP contribution in [0, 0.1) is 5.82 Å². The molecule has 4 heteroatoms. The molecule has 20 heavy (non-hydrogen) atoms. The molecule has 0 aliphatic carbocycles. The second-order valence-corrected chi connectivity index (χ2v) is 5.61. The molecular weight excluding hydrogens is 319 g/mol. The van der Waals surface area contributed by atoms with Gasteiger partial charge >= 0.3 is 0 Å². The zero-order valence-corrected chi connectivity index (χ0v) is 13.4. The van der Waals surface area contributed by atoms with Crippen molar-refractivity contribution in [2.24, 2.45) is 0 Å². The number of hydrogen-bond acceptors (Lipinski definition) is 2. The van der Waals surface area contributed by atoms with Crippen molar-refractivity contribution in [3.8, 4) is 0 Å². The highest BCUT2D eigenvalue weighted by Gasteiger charge is 2.11. The zero-order valence-electron chi connectivity index (χ0n) is 11.8. The number of rotatable bonds is 4. The van der Waals surface area contributed by atoms with Crippen LogP contribution in [0.1, 0.15) is 18.5 Å². The van der Waals surface area contributed by atoms with Gasteiger partial charge < -0.3 is 10.2 Å². The smallest absolute Gasteiger partial charge is 0.125 e. The Morgan fingerprint density at radius 2 is 1.95 bits per heavy atom. The molecule has 0 saturated heterocycles. The first-order valence-corrected chi connectivity index (χ1v) is 7.28. The highest BCUT2D eigenvalue weighted by molar-refractivity contribution is 9.10. The maximum atomic E-state index is 13.3. The number of benzene rings is 2. The predicted molar refractivity (Wildman–Crippen MR) is 86.1 cm³/mol. The molecule has 2 nitrogen and oxygen atoms in total. The standard InChI is InChI=1S/C16H18BrFN2/c1-11(19-2)12-7-8-16(15(17)9-12)20(3)14-6-4-5-13(18)10-14/h4-11,19H,1-3H3. The molecule has 0 aliphatic rings. The first kappa shape index (κ1) is 15.0. The van der Waals surface area contributed by atoms with Crippen molar-refractivity contribution in [2.75, 3.05) is 19.0 Å². The van der Waals surface area contributed by atoms with E-state index < -0.39 is 0 Å². The summed E-state index contributed by atoms with van der Waals surface area (Å²) in [5.74, 6) is -0.231. The van der Waals surface area contributed by atoms with Crippen LogP contribution in [0.4, 0.5) is 15.8 Å². The summed E-state index contributed by atoms with van der Waals surface area (Å²) in [4.78, 5) is 1.96. The van der Waals surface area contributed by atoms with Crippen molar-refractivity contribution in [1.82, 2.24) is 5.32 Å². The molecule has 0 fully saturated rings. The molecular formula is C16H18BrFN2. The summed E-state index contributed by atoms with van der Waals surface area (Å²) in [6.45, 7) is 2.11. The van der Waals surface area contributed by atoms with Gasteiger partial charge in [-0.05, 0) is 65.8 Å². The Balaban J connectivity index is 2.33. The molecule has 1 N–H and O–H groups in total. The molecule has 0 bridgehead atoms. The van der Waals surface area contributed by atoms with Crippen molar-refractivity contribution in [3.63, 3.8) is 0 Å². The number of nitrogens with zero attached hydrogens (tertiary/aromatic N) is 1. The van der Waals surface area contributed by atoms with Crippen molar-refractivity contribution >= 4 is 27.3 Å². The molecule has 0 heterocycles. The van der Waals surface area contributed by atoms with E-state index in [1.165, 1.54) is 17.7 Å². The number of anilines is 2. The Bertz CT molecular complexity index is 601. The van der Waals surface area contributed by atoms with E-state index in [2.05, 4.69) is 40.3 Å². The van der Waals surface area contributed by atoms with Crippen LogP contribution in [0.5, 0.6) is 0 Å². The van der Waals surface area contributed by atoms with E-state index in [-0.39, 0.29) is 5.82 Å². The van der Waals surface area contributed by atoms with Gasteiger partial charge in [-0.15, -0.1) is 0 Å². The van der Waals surface area contributed by atoms with Gasteiger partial charge in [0.15, 0.2) is 0 Å². The third kappa shape index (κ3) is 3.19. The Morgan fingerprint density at radius 1 is 1.20 bits per heavy atom. The van der Waals surface area contributed by atoms with Gasteiger partial charge in [-0.3, -0.25) is 0 Å². The van der Waals surface area contributed by atoms with Crippen LogP contribution >= 0.6 is 15.9 Å². The Hall–Kier alpha value is -1.39. The van der Waals surface area contributed by atoms with Gasteiger partial charge in [-0.25, -0.2) is 4.39 Å². The van der Waals surface area contributed by atoms with E-state index in [1.807, 2.05) is 31.1 Å². The normalized spacial score (nSPS) is 12.2. The SMILES string of the molecule is CNC(C)c1ccc(N(C)c2cccc(F)c2)c(Br)c1. The molecule has 2 aromatic carbocycles. The Labute approximate surface area is 127 Å². The maximum absolute atomic E-state index is 13.3. The fraction of sp³-hybridized carbons (Fsp3) is 0.250. The minimum atomic E-state index is -0.231. The minimum absolute atomic E-state index is 0.231. The summed E-state index contributed by atoms with van der Waals surface area (Å²) in [5, 5.41) is 3.21. The average Bonchev–Trinajstić information content (AvgIpc) is 2.45. The third-order valence-electron chi connectivity index (χ3n) is 3.46. The van der Waals surface area contributed by atoms with Crippen LogP contribution in [0.2, 0.25) is 0 Å². The lowest BCUT2D eigenvalue weighted by molar-refractivity contribution is 0.628. The van der Waals surface area contributed by atoms with Gasteiger partial charge in [-0.1, -0.05) is 12.1 Å². The number of halogens is 2. The lowest BCUT2D eigenvalue weighted by atomic mass is 10.1. The fourth-order valence-electron chi connectivity index (χ4n) is 2.06. The van der Waals surface area contributed by atoms with E-state index in [0.29, 0.717) is 6.04 Å². The summed E-state index contributed by atoms with van der Waals surface area (Å²) in [6, 6.07) is 13.1. The quantitative estimate of drug-likeness (QED) is 0.875. The first-order valence-electron chi connectivity index (χ1n) is 6.49. The van der Waals surface area contributed by atoms with Gasteiger partial charge in [-0.2, -0.15) is 0 Å². The molecule has 0 aromatic heterocycles. The van der Waals surface area contributed by atoms with Gasteiger partial charge in [0.05, 0.1) is 5.69 Å². The highest BCUT2D eigenvalue weighted by Crippen LogP contribution is 2.33. The Morgan fingerprint density at radius 3 is 2.55 bits per heavy atom. The predicted octanol–water partition coefficient (Wildman–Crippen LogP) is 4.64. The molecule has 0 spiro atoms. The van der Waals surface area contributed by atoms with Crippen molar-refractivity contribution < 1.29 is 4.39 Å². The molecule has 2 rings (SSSR count). The molecule has 2 aromatic rings. The highest BCUT2D eigenvalue weighted by atomic mass is 79.9. The fourth-order valence-corrected chi connectivity index (χ4v) is 2.72. The molecule has 1 atom stereocenters. The third-order valence-corrected chi connectivity index (χ3v) is 4.10. The first-order chi connectivity index (χ1) is 9.52. The molecule has 0 aliphatic heterocycles. The summed E-state index contributed by atoms with van der Waals surface area (Å²) in [5.41, 5.74) is 3.03. The van der Waals surface area contributed by atoms with E-state index in [9.17, 15) is 4.39 Å². The van der Waals surface area contributed by atoms with E-state index in [0.717, 1.165) is 15.8 Å². The summed E-state index contributed by atoms with van der Waals surface area (Å²) >= 11 is 3.60. The average molecular weight is 337 g/mol. The van der Waals surface area contributed by atoms with Crippen molar-refractivity contribution in [3.05, 3.63) is 58.3 Å². The van der Waals surface area contributed by atoms with Crippen LogP contribution in [0.15, 0.2) is 46.9 Å². The summed E-state index contributed by atoms with van der Waals surface area (Å²) < 4.78 is 14.3. The van der Waals surface area contributed by atoms with Gasteiger partial charge in [0.1, 0.15) is 5.82 Å². The van der Waals surface area contributed by atoms with E-state index in [1.54, 1.807) is 6.07 Å². The monoisotopic (exact) mass is 336 g/mol. The van der Waals surface area contributed by atoms with Crippen molar-refractivity contribution in [1.29, 1.82) is 0 Å². The maximum Gasteiger partial charge on any atom is 0.125 e. The van der Waals surface area contributed by atoms with Crippen LogP contribution < -0.4 is 10.2 Å². The summed E-state index contributed by atoms with van der Waals surface area (Å²) in [7, 11) is 3.86. The topological polar surface area (TPSA) is 15.3 Å². The number of hydrogen-bond donors (Lipinski definition) is 1. The zero-order chi connectivity index (χ0) is 14.7. The molecule has 106 valence electrons. The lowest BCUT2D eigenvalue weighted by Crippen LogP contribution is -2.14. The van der Waals surface area contributed by atoms with E-state index in [4.69, 9.17) is 0 Å². The second-order valence-electron chi connectivity index (χ2n) is 4.76. The minimum Gasteiger partial charge on any atom is -0.344 e. The molecule has 0 amide bonds. The molecule has 0 saturated carbocycles. The largest absolute Gasteiger partial charge is 0.344 e. The lowest BCUT2D eigenvalue weighted by Gasteiger charge is -2.22. The molecule has 0 radical (unpaired) electrons. The van der Waals surface area contributed by atoms with E-state index >= 15 is 0 Å². The Kier molecular flexibility index (Phi) is 4.78.